The number of nitrogens with zero attached hydrogens (tertiary/aromatic N) is 2. The number of carbonyl (C=O) groups is 2. The zero-order chi connectivity index (χ0) is 14.9. The van der Waals surface area contributed by atoms with Crippen LogP contribution in [0.25, 0.3) is 0 Å². The number of hydrogen-bond acceptors (Lipinski definition) is 7. The predicted molar refractivity (Wildman–Crippen MR) is 68.5 cm³/mol. The van der Waals surface area contributed by atoms with Crippen LogP contribution in [0.4, 0.5) is 5.13 Å². The van der Waals surface area contributed by atoms with Gasteiger partial charge in [-0.25, -0.2) is 9.78 Å². The van der Waals surface area contributed by atoms with E-state index in [4.69, 9.17) is 5.11 Å². The van der Waals surface area contributed by atoms with Gasteiger partial charge in [-0.15, -0.1) is 11.3 Å². The summed E-state index contributed by atoms with van der Waals surface area (Å²) in [4.78, 5) is 25.7. The molecule has 0 atom stereocenters. The third-order valence-corrected chi connectivity index (χ3v) is 4.39. The Morgan fingerprint density at radius 3 is 2.70 bits per heavy atom. The number of aromatic carboxylic acids is 1. The molecule has 0 bridgehead atoms. The molecule has 0 aromatic carbocycles. The molecule has 0 aliphatic rings. The van der Waals surface area contributed by atoms with Gasteiger partial charge in [0.1, 0.15) is 11.3 Å². The number of anilines is 1. The molecule has 3 N–H and O–H groups in total. The molecule has 0 saturated carbocycles. The van der Waals surface area contributed by atoms with Crippen molar-refractivity contribution in [3.05, 3.63) is 22.8 Å². The third kappa shape index (κ3) is 2.67. The minimum Gasteiger partial charge on any atom is -0.478 e. The summed E-state index contributed by atoms with van der Waals surface area (Å²) in [6, 6.07) is 0. The molecule has 0 amide bonds. The van der Waals surface area contributed by atoms with E-state index in [9.17, 15) is 18.0 Å². The van der Waals surface area contributed by atoms with Crippen LogP contribution in [0.15, 0.2) is 16.6 Å². The maximum absolute atomic E-state index is 12.0. The van der Waals surface area contributed by atoms with Crippen molar-refractivity contribution in [2.45, 2.75) is 11.9 Å². The first-order valence-electron chi connectivity index (χ1n) is 5.07. The van der Waals surface area contributed by atoms with Crippen LogP contribution < -0.4 is 4.72 Å². The Morgan fingerprint density at radius 2 is 2.15 bits per heavy atom. The minimum absolute atomic E-state index is 0.0406. The molecular weight excluding hydrogens is 308 g/mol. The molecule has 0 spiro atoms. The maximum Gasteiger partial charge on any atom is 0.340 e. The van der Waals surface area contributed by atoms with E-state index in [1.54, 1.807) is 0 Å². The number of H-pyrrole nitrogens is 1. The number of hydrogen-bond donors (Lipinski definition) is 3. The van der Waals surface area contributed by atoms with Crippen LogP contribution >= 0.6 is 11.3 Å². The molecule has 2 heterocycles. The highest BCUT2D eigenvalue weighted by atomic mass is 32.2. The normalized spacial score (nSPS) is 11.2. The Kier molecular flexibility index (Phi) is 3.55. The highest BCUT2D eigenvalue weighted by Gasteiger charge is 2.25. The molecule has 0 radical (unpaired) electrons. The summed E-state index contributed by atoms with van der Waals surface area (Å²) in [6.07, 6.45) is 0.889. The lowest BCUT2D eigenvalue weighted by molar-refractivity contribution is 0.0692. The molecular formula is C9H8N4O5S2. The van der Waals surface area contributed by atoms with Crippen molar-refractivity contribution in [2.24, 2.45) is 0 Å². The van der Waals surface area contributed by atoms with E-state index in [0.29, 0.717) is 0 Å². The van der Waals surface area contributed by atoms with Crippen LogP contribution in [0, 0.1) is 0 Å². The van der Waals surface area contributed by atoms with E-state index in [-0.39, 0.29) is 16.6 Å². The molecule has 0 saturated heterocycles. The zero-order valence-corrected chi connectivity index (χ0v) is 11.6. The van der Waals surface area contributed by atoms with Gasteiger partial charge in [0, 0.05) is 12.3 Å². The van der Waals surface area contributed by atoms with Gasteiger partial charge in [0.2, 0.25) is 0 Å². The number of Topliss-reactive ketones (excluding diaryl/α,β-unsaturated/α-hetero) is 1. The first-order valence-corrected chi connectivity index (χ1v) is 7.43. The lowest BCUT2D eigenvalue weighted by atomic mass is 10.4. The fourth-order valence-electron chi connectivity index (χ4n) is 1.28. The Labute approximate surface area is 116 Å². The Morgan fingerprint density at radius 1 is 1.45 bits per heavy atom. The van der Waals surface area contributed by atoms with Crippen molar-refractivity contribution in [2.75, 3.05) is 4.72 Å². The Balaban J connectivity index is 2.33. The SMILES string of the molecule is CC(=O)c1csc(NS(=O)(=O)c2[nH]ncc2C(=O)O)n1. The van der Waals surface area contributed by atoms with E-state index in [2.05, 4.69) is 19.9 Å². The molecule has 0 fully saturated rings. The van der Waals surface area contributed by atoms with Gasteiger partial charge in [-0.1, -0.05) is 0 Å². The van der Waals surface area contributed by atoms with Gasteiger partial charge in [0.05, 0.1) is 6.20 Å². The summed E-state index contributed by atoms with van der Waals surface area (Å²) in [5.41, 5.74) is -0.364. The van der Waals surface area contributed by atoms with Crippen molar-refractivity contribution >= 4 is 38.2 Å². The van der Waals surface area contributed by atoms with E-state index in [0.717, 1.165) is 17.5 Å². The maximum atomic E-state index is 12.0. The first-order chi connectivity index (χ1) is 9.31. The first kappa shape index (κ1) is 14.1. The fraction of sp³-hybridized carbons (Fsp3) is 0.111. The molecule has 0 unspecified atom stereocenters. The molecule has 11 heteroatoms. The summed E-state index contributed by atoms with van der Waals surface area (Å²) in [6.45, 7) is 1.30. The van der Waals surface area contributed by atoms with E-state index in [1.165, 1.54) is 12.3 Å². The van der Waals surface area contributed by atoms with Crippen molar-refractivity contribution in [3.63, 3.8) is 0 Å². The number of aromatic nitrogens is 3. The number of ketones is 1. The molecule has 9 nitrogen and oxygen atoms in total. The molecule has 2 rings (SSSR count). The smallest absolute Gasteiger partial charge is 0.340 e. The number of carboxylic acid groups (broad SMARTS) is 1. The number of sulfonamides is 1. The van der Waals surface area contributed by atoms with Gasteiger partial charge in [0.15, 0.2) is 15.9 Å². The average Bonchev–Trinajstić information content (AvgIpc) is 2.95. The van der Waals surface area contributed by atoms with E-state index >= 15 is 0 Å². The van der Waals surface area contributed by atoms with Crippen molar-refractivity contribution in [3.8, 4) is 0 Å². The quantitative estimate of drug-likeness (QED) is 0.684. The average molecular weight is 316 g/mol. The molecule has 0 aliphatic heterocycles. The second kappa shape index (κ2) is 5.02. The highest BCUT2D eigenvalue weighted by molar-refractivity contribution is 7.92. The second-order valence-corrected chi connectivity index (χ2v) is 6.09. The van der Waals surface area contributed by atoms with Crippen LogP contribution in [0.2, 0.25) is 0 Å². The number of carbonyl (C=O) groups excluding carboxylic acids is 1. The van der Waals surface area contributed by atoms with Crippen LogP contribution in [0.3, 0.4) is 0 Å². The fourth-order valence-corrected chi connectivity index (χ4v) is 3.37. The standard InChI is InChI=1S/C9H8N4O5S2/c1-4(14)6-3-19-9(11-6)13-20(17,18)7-5(8(15)16)2-10-12-7/h2-3H,1H3,(H,10,12)(H,11,13)(H,15,16). The molecule has 2 aromatic rings. The lowest BCUT2D eigenvalue weighted by Crippen LogP contribution is -2.16. The molecule has 2 aromatic heterocycles. The molecule has 106 valence electrons. The number of nitrogens with one attached hydrogen (secondary N) is 2. The minimum atomic E-state index is -4.17. The number of carboxylic acids is 1. The lowest BCUT2D eigenvalue weighted by Gasteiger charge is -2.03. The predicted octanol–water partition coefficient (Wildman–Crippen LogP) is 0.568. The monoisotopic (exact) mass is 316 g/mol. The van der Waals surface area contributed by atoms with Crippen molar-refractivity contribution in [1.82, 2.24) is 15.2 Å². The van der Waals surface area contributed by atoms with Crippen molar-refractivity contribution in [1.29, 1.82) is 0 Å². The van der Waals surface area contributed by atoms with Crippen molar-refractivity contribution < 1.29 is 23.1 Å². The number of rotatable bonds is 5. The topological polar surface area (TPSA) is 142 Å². The molecule has 0 aliphatic carbocycles. The highest BCUT2D eigenvalue weighted by Crippen LogP contribution is 2.21. The Hall–Kier alpha value is -2.27. The summed E-state index contributed by atoms with van der Waals surface area (Å²) < 4.78 is 26.1. The van der Waals surface area contributed by atoms with Gasteiger partial charge < -0.3 is 5.11 Å². The summed E-state index contributed by atoms with van der Waals surface area (Å²) in [5, 5.41) is 15.1. The number of aromatic amines is 1. The summed E-state index contributed by atoms with van der Waals surface area (Å²) in [7, 11) is -4.17. The van der Waals surface area contributed by atoms with Gasteiger partial charge >= 0.3 is 5.97 Å². The summed E-state index contributed by atoms with van der Waals surface area (Å²) in [5.74, 6) is -1.73. The molecule has 20 heavy (non-hydrogen) atoms. The van der Waals surface area contributed by atoms with Crippen LogP contribution in [-0.4, -0.2) is 40.5 Å². The van der Waals surface area contributed by atoms with Gasteiger partial charge in [-0.05, 0) is 0 Å². The van der Waals surface area contributed by atoms with E-state index in [1.807, 2.05) is 0 Å². The van der Waals surface area contributed by atoms with Gasteiger partial charge in [-0.2, -0.15) is 13.5 Å². The summed E-state index contributed by atoms with van der Waals surface area (Å²) >= 11 is 0.912. The third-order valence-electron chi connectivity index (χ3n) is 2.19. The van der Waals surface area contributed by atoms with Crippen LogP contribution in [0.5, 0.6) is 0 Å². The van der Waals surface area contributed by atoms with Gasteiger partial charge in [-0.3, -0.25) is 14.6 Å². The zero-order valence-electron chi connectivity index (χ0n) is 9.95. The number of thiazole rings is 1. The Bertz CT molecular complexity index is 776. The second-order valence-electron chi connectivity index (χ2n) is 3.62. The van der Waals surface area contributed by atoms with E-state index < -0.39 is 26.6 Å². The largest absolute Gasteiger partial charge is 0.478 e. The van der Waals surface area contributed by atoms with Crippen LogP contribution in [-0.2, 0) is 10.0 Å². The van der Waals surface area contributed by atoms with Gasteiger partial charge in [0.25, 0.3) is 10.0 Å². The van der Waals surface area contributed by atoms with Crippen LogP contribution in [0.1, 0.15) is 27.8 Å².